The van der Waals surface area contributed by atoms with Gasteiger partial charge < -0.3 is 0 Å². The monoisotopic (exact) mass is 232 g/mol. The summed E-state index contributed by atoms with van der Waals surface area (Å²) in [7, 11) is 0. The SMILES string of the molecule is CC(C)(C)N1CCC(Cc2ccncc2)CC1. The summed E-state index contributed by atoms with van der Waals surface area (Å²) in [6, 6.07) is 4.30. The lowest BCUT2D eigenvalue weighted by Crippen LogP contribution is -2.46. The average Bonchev–Trinajstić information content (AvgIpc) is 2.30. The van der Waals surface area contributed by atoms with Gasteiger partial charge in [0.15, 0.2) is 0 Å². The van der Waals surface area contributed by atoms with Crippen LogP contribution in [0.2, 0.25) is 0 Å². The van der Waals surface area contributed by atoms with E-state index in [4.69, 9.17) is 0 Å². The first-order valence-corrected chi connectivity index (χ1v) is 6.69. The molecule has 2 rings (SSSR count). The summed E-state index contributed by atoms with van der Waals surface area (Å²) < 4.78 is 0. The predicted octanol–water partition coefficient (Wildman–Crippen LogP) is 3.13. The maximum Gasteiger partial charge on any atom is 0.0270 e. The van der Waals surface area contributed by atoms with E-state index in [1.807, 2.05) is 12.4 Å². The second-order valence-electron chi connectivity index (χ2n) is 6.16. The van der Waals surface area contributed by atoms with Crippen LogP contribution in [-0.4, -0.2) is 28.5 Å². The Morgan fingerprint density at radius 3 is 2.29 bits per heavy atom. The van der Waals surface area contributed by atoms with Crippen molar-refractivity contribution in [2.45, 2.75) is 45.6 Å². The van der Waals surface area contributed by atoms with E-state index in [1.165, 1.54) is 37.9 Å². The van der Waals surface area contributed by atoms with Gasteiger partial charge in [0.2, 0.25) is 0 Å². The average molecular weight is 232 g/mol. The van der Waals surface area contributed by atoms with Crippen molar-refractivity contribution in [2.24, 2.45) is 5.92 Å². The molecule has 0 atom stereocenters. The second-order valence-corrected chi connectivity index (χ2v) is 6.16. The molecule has 1 aromatic rings. The largest absolute Gasteiger partial charge is 0.298 e. The molecule has 2 heteroatoms. The Kier molecular flexibility index (Phi) is 3.82. The zero-order chi connectivity index (χ0) is 12.3. The Morgan fingerprint density at radius 1 is 1.18 bits per heavy atom. The normalized spacial score (nSPS) is 19.5. The molecule has 2 heterocycles. The third-order valence-electron chi connectivity index (χ3n) is 3.84. The third kappa shape index (κ3) is 3.53. The topological polar surface area (TPSA) is 16.1 Å². The van der Waals surface area contributed by atoms with Crippen LogP contribution in [-0.2, 0) is 6.42 Å². The molecule has 0 radical (unpaired) electrons. The molecular weight excluding hydrogens is 208 g/mol. The molecule has 0 amide bonds. The van der Waals surface area contributed by atoms with Crippen molar-refractivity contribution in [3.8, 4) is 0 Å². The molecule has 0 unspecified atom stereocenters. The Hall–Kier alpha value is -0.890. The minimum atomic E-state index is 0.335. The van der Waals surface area contributed by atoms with E-state index in [2.05, 4.69) is 42.8 Å². The van der Waals surface area contributed by atoms with Crippen LogP contribution < -0.4 is 0 Å². The smallest absolute Gasteiger partial charge is 0.0270 e. The van der Waals surface area contributed by atoms with Crippen LogP contribution in [0.3, 0.4) is 0 Å². The van der Waals surface area contributed by atoms with Gasteiger partial charge in [0.25, 0.3) is 0 Å². The van der Waals surface area contributed by atoms with Crippen LogP contribution in [0.5, 0.6) is 0 Å². The predicted molar refractivity (Wildman–Crippen MR) is 72.0 cm³/mol. The van der Waals surface area contributed by atoms with Gasteiger partial charge in [-0.2, -0.15) is 0 Å². The van der Waals surface area contributed by atoms with Crippen LogP contribution in [0.4, 0.5) is 0 Å². The highest BCUT2D eigenvalue weighted by molar-refractivity contribution is 5.10. The number of hydrogen-bond donors (Lipinski definition) is 0. The Morgan fingerprint density at radius 2 is 1.76 bits per heavy atom. The number of hydrogen-bond acceptors (Lipinski definition) is 2. The van der Waals surface area contributed by atoms with Crippen molar-refractivity contribution >= 4 is 0 Å². The molecule has 2 nitrogen and oxygen atoms in total. The Labute approximate surface area is 105 Å². The number of aromatic nitrogens is 1. The van der Waals surface area contributed by atoms with Gasteiger partial charge in [0.05, 0.1) is 0 Å². The second kappa shape index (κ2) is 5.18. The lowest BCUT2D eigenvalue weighted by molar-refractivity contribution is 0.0876. The number of nitrogens with zero attached hydrogens (tertiary/aromatic N) is 2. The maximum absolute atomic E-state index is 4.07. The van der Waals surface area contributed by atoms with Crippen molar-refractivity contribution < 1.29 is 0 Å². The molecule has 0 spiro atoms. The molecule has 1 aliphatic rings. The molecule has 0 aromatic carbocycles. The first kappa shape index (κ1) is 12.6. The highest BCUT2D eigenvalue weighted by Crippen LogP contribution is 2.25. The number of rotatable bonds is 2. The Balaban J connectivity index is 1.84. The Bertz CT molecular complexity index is 332. The molecule has 17 heavy (non-hydrogen) atoms. The number of likely N-dealkylation sites (tertiary alicyclic amines) is 1. The minimum absolute atomic E-state index is 0.335. The third-order valence-corrected chi connectivity index (χ3v) is 3.84. The van der Waals surface area contributed by atoms with Crippen molar-refractivity contribution in [3.05, 3.63) is 30.1 Å². The molecule has 1 saturated heterocycles. The zero-order valence-corrected chi connectivity index (χ0v) is 11.3. The van der Waals surface area contributed by atoms with E-state index in [0.29, 0.717) is 5.54 Å². The van der Waals surface area contributed by atoms with Gasteiger partial charge in [0, 0.05) is 17.9 Å². The van der Waals surface area contributed by atoms with Crippen molar-refractivity contribution in [2.75, 3.05) is 13.1 Å². The van der Waals surface area contributed by atoms with Gasteiger partial charge in [-0.1, -0.05) is 0 Å². The van der Waals surface area contributed by atoms with E-state index in [1.54, 1.807) is 0 Å². The van der Waals surface area contributed by atoms with E-state index < -0.39 is 0 Å². The molecule has 1 fully saturated rings. The van der Waals surface area contributed by atoms with Crippen LogP contribution in [0, 0.1) is 5.92 Å². The lowest BCUT2D eigenvalue weighted by atomic mass is 9.88. The summed E-state index contributed by atoms with van der Waals surface area (Å²) in [5.74, 6) is 0.857. The summed E-state index contributed by atoms with van der Waals surface area (Å²) in [4.78, 5) is 6.68. The van der Waals surface area contributed by atoms with Crippen LogP contribution in [0.1, 0.15) is 39.2 Å². The van der Waals surface area contributed by atoms with E-state index in [0.717, 1.165) is 5.92 Å². The van der Waals surface area contributed by atoms with Gasteiger partial charge in [-0.05, 0) is 76.7 Å². The lowest BCUT2D eigenvalue weighted by Gasteiger charge is -2.41. The van der Waals surface area contributed by atoms with E-state index >= 15 is 0 Å². The fourth-order valence-corrected chi connectivity index (χ4v) is 2.66. The molecule has 1 aliphatic heterocycles. The van der Waals surface area contributed by atoms with Gasteiger partial charge >= 0.3 is 0 Å². The molecular formula is C15H24N2. The van der Waals surface area contributed by atoms with Crippen LogP contribution in [0.25, 0.3) is 0 Å². The van der Waals surface area contributed by atoms with Crippen LogP contribution >= 0.6 is 0 Å². The zero-order valence-electron chi connectivity index (χ0n) is 11.3. The maximum atomic E-state index is 4.07. The van der Waals surface area contributed by atoms with Gasteiger partial charge in [-0.15, -0.1) is 0 Å². The van der Waals surface area contributed by atoms with E-state index in [9.17, 15) is 0 Å². The van der Waals surface area contributed by atoms with E-state index in [-0.39, 0.29) is 0 Å². The van der Waals surface area contributed by atoms with Gasteiger partial charge in [-0.25, -0.2) is 0 Å². The van der Waals surface area contributed by atoms with Gasteiger partial charge in [0.1, 0.15) is 0 Å². The van der Waals surface area contributed by atoms with Gasteiger partial charge in [-0.3, -0.25) is 9.88 Å². The first-order chi connectivity index (χ1) is 8.05. The first-order valence-electron chi connectivity index (χ1n) is 6.69. The molecule has 94 valence electrons. The fourth-order valence-electron chi connectivity index (χ4n) is 2.66. The number of pyridine rings is 1. The molecule has 0 aliphatic carbocycles. The van der Waals surface area contributed by atoms with Crippen LogP contribution in [0.15, 0.2) is 24.5 Å². The summed E-state index contributed by atoms with van der Waals surface area (Å²) in [6.07, 6.45) is 7.69. The summed E-state index contributed by atoms with van der Waals surface area (Å²) in [6.45, 7) is 9.45. The highest BCUT2D eigenvalue weighted by atomic mass is 15.2. The summed E-state index contributed by atoms with van der Waals surface area (Å²) in [5.41, 5.74) is 1.77. The molecule has 0 bridgehead atoms. The standard InChI is InChI=1S/C15H24N2/c1-15(2,3)17-10-6-14(7-11-17)12-13-4-8-16-9-5-13/h4-5,8-9,14H,6-7,10-12H2,1-3H3. The minimum Gasteiger partial charge on any atom is -0.298 e. The van der Waals surface area contributed by atoms with Crippen molar-refractivity contribution in [1.29, 1.82) is 0 Å². The summed E-state index contributed by atoms with van der Waals surface area (Å²) >= 11 is 0. The number of piperidine rings is 1. The molecule has 1 aromatic heterocycles. The quantitative estimate of drug-likeness (QED) is 0.779. The molecule has 0 N–H and O–H groups in total. The fraction of sp³-hybridized carbons (Fsp3) is 0.667. The van der Waals surface area contributed by atoms with Crippen molar-refractivity contribution in [1.82, 2.24) is 9.88 Å². The molecule has 0 saturated carbocycles. The van der Waals surface area contributed by atoms with Crippen molar-refractivity contribution in [3.63, 3.8) is 0 Å². The summed E-state index contributed by atoms with van der Waals surface area (Å²) in [5, 5.41) is 0. The highest BCUT2D eigenvalue weighted by Gasteiger charge is 2.26.